The lowest BCUT2D eigenvalue weighted by Gasteiger charge is -2.28. The Morgan fingerprint density at radius 2 is 1.46 bits per heavy atom. The van der Waals surface area contributed by atoms with E-state index in [9.17, 15) is 0 Å². The van der Waals surface area contributed by atoms with Crippen molar-refractivity contribution in [3.8, 4) is 0 Å². The Bertz CT molecular complexity index is 113. The molecule has 0 aromatic rings. The molecule has 13 heavy (non-hydrogen) atoms. The zero-order chi connectivity index (χ0) is 10.3. The first-order valence-electron chi connectivity index (χ1n) is 4.94. The minimum Gasteiger partial charge on any atom is -0.351 e. The molecule has 0 spiro atoms. The average molecular weight is 253 g/mol. The maximum atomic E-state index is 5.59. The monoisotopic (exact) mass is 252 g/mol. The maximum Gasteiger partial charge on any atom is 0.172 e. The van der Waals surface area contributed by atoms with Crippen LogP contribution in [0.5, 0.6) is 0 Å². The maximum absolute atomic E-state index is 5.59. The average Bonchev–Trinajstić information content (AvgIpc) is 2.02. The predicted octanol–water partition coefficient (Wildman–Crippen LogP) is 3.34. The fourth-order valence-electron chi connectivity index (χ4n) is 0.894. The summed E-state index contributed by atoms with van der Waals surface area (Å²) in [5, 5.41) is 0. The third-order valence-electron chi connectivity index (χ3n) is 1.51. The van der Waals surface area contributed by atoms with Gasteiger partial charge in [-0.1, -0.05) is 29.8 Å². The van der Waals surface area contributed by atoms with Gasteiger partial charge >= 0.3 is 0 Å². The van der Waals surface area contributed by atoms with Crippen molar-refractivity contribution < 1.29 is 9.47 Å². The van der Waals surface area contributed by atoms with Gasteiger partial charge < -0.3 is 9.47 Å². The van der Waals surface area contributed by atoms with E-state index in [4.69, 9.17) is 9.47 Å². The second-order valence-corrected chi connectivity index (χ2v) is 5.68. The van der Waals surface area contributed by atoms with Gasteiger partial charge in [0.25, 0.3) is 0 Å². The molecule has 3 heteroatoms. The molecule has 2 nitrogen and oxygen atoms in total. The Labute approximate surface area is 90.1 Å². The molecule has 0 aliphatic carbocycles. The van der Waals surface area contributed by atoms with Crippen molar-refractivity contribution in [2.45, 2.75) is 51.2 Å². The van der Waals surface area contributed by atoms with E-state index in [-0.39, 0.29) is 10.6 Å². The third kappa shape index (κ3) is 6.47. The highest BCUT2D eigenvalue weighted by Crippen LogP contribution is 2.24. The first-order chi connectivity index (χ1) is 6.02. The summed E-state index contributed by atoms with van der Waals surface area (Å²) in [6.45, 7) is 9.81. The van der Waals surface area contributed by atoms with E-state index in [0.717, 1.165) is 26.1 Å². The molecule has 0 aromatic carbocycles. The molecular weight excluding hydrogens is 232 g/mol. The summed E-state index contributed by atoms with van der Waals surface area (Å²) >= 11 is 3.56. The van der Waals surface area contributed by atoms with E-state index in [1.807, 2.05) is 0 Å². The van der Waals surface area contributed by atoms with Crippen molar-refractivity contribution >= 4 is 15.9 Å². The minimum absolute atomic E-state index is 0.114. The van der Waals surface area contributed by atoms with E-state index >= 15 is 0 Å². The van der Waals surface area contributed by atoms with Gasteiger partial charge in [-0.15, -0.1) is 0 Å². The fourth-order valence-corrected chi connectivity index (χ4v) is 1.16. The van der Waals surface area contributed by atoms with E-state index < -0.39 is 0 Å². The van der Waals surface area contributed by atoms with Crippen LogP contribution in [0.3, 0.4) is 0 Å². The summed E-state index contributed by atoms with van der Waals surface area (Å²) < 4.78 is 11.1. The van der Waals surface area contributed by atoms with Gasteiger partial charge in [0, 0.05) is 13.2 Å². The normalized spacial score (nSPS) is 12.5. The minimum atomic E-state index is -0.146. The predicted molar refractivity (Wildman–Crippen MR) is 59.3 cm³/mol. The molecule has 0 amide bonds. The first-order valence-corrected chi connectivity index (χ1v) is 5.73. The highest BCUT2D eigenvalue weighted by atomic mass is 79.9. The zero-order valence-corrected chi connectivity index (χ0v) is 10.7. The van der Waals surface area contributed by atoms with E-state index in [0.29, 0.717) is 0 Å². The fraction of sp³-hybridized carbons (Fsp3) is 1.00. The number of rotatable bonds is 7. The molecular formula is C10H21BrO2. The number of hydrogen-bond donors (Lipinski definition) is 0. The molecule has 0 heterocycles. The van der Waals surface area contributed by atoms with Gasteiger partial charge in [-0.25, -0.2) is 0 Å². The van der Waals surface area contributed by atoms with Crippen molar-refractivity contribution in [2.75, 3.05) is 13.2 Å². The van der Waals surface area contributed by atoms with E-state index in [1.54, 1.807) is 0 Å². The van der Waals surface area contributed by atoms with Crippen LogP contribution < -0.4 is 0 Å². The van der Waals surface area contributed by atoms with Crippen LogP contribution in [0.25, 0.3) is 0 Å². The largest absolute Gasteiger partial charge is 0.351 e. The van der Waals surface area contributed by atoms with Crippen LogP contribution in [0.4, 0.5) is 0 Å². The molecule has 0 N–H and O–H groups in total. The molecule has 0 rings (SSSR count). The van der Waals surface area contributed by atoms with E-state index in [1.165, 1.54) is 0 Å². The van der Waals surface area contributed by atoms with Crippen LogP contribution in [0, 0.1) is 0 Å². The van der Waals surface area contributed by atoms with Crippen molar-refractivity contribution in [3.63, 3.8) is 0 Å². The van der Waals surface area contributed by atoms with Crippen molar-refractivity contribution in [3.05, 3.63) is 0 Å². The Morgan fingerprint density at radius 3 is 1.69 bits per heavy atom. The van der Waals surface area contributed by atoms with Crippen molar-refractivity contribution in [1.82, 2.24) is 0 Å². The SMILES string of the molecule is CCCOC(OCCC)C(C)(C)Br. The van der Waals surface area contributed by atoms with Gasteiger partial charge in [0.1, 0.15) is 0 Å². The molecule has 0 fully saturated rings. The first kappa shape index (κ1) is 13.4. The van der Waals surface area contributed by atoms with Gasteiger partial charge in [0.15, 0.2) is 6.29 Å². The number of hydrogen-bond acceptors (Lipinski definition) is 2. The smallest absolute Gasteiger partial charge is 0.172 e. The van der Waals surface area contributed by atoms with Crippen LogP contribution in [0.15, 0.2) is 0 Å². The molecule has 0 saturated carbocycles. The standard InChI is InChI=1S/C10H21BrO2/c1-5-7-12-9(10(3,4)11)13-8-6-2/h9H,5-8H2,1-4H3. The molecule has 80 valence electrons. The molecule has 0 atom stereocenters. The highest BCUT2D eigenvalue weighted by Gasteiger charge is 2.27. The Kier molecular flexibility index (Phi) is 7.00. The third-order valence-corrected chi connectivity index (χ3v) is 1.88. The number of halogens is 1. The van der Waals surface area contributed by atoms with Crippen molar-refractivity contribution in [1.29, 1.82) is 0 Å². The van der Waals surface area contributed by atoms with Crippen LogP contribution >= 0.6 is 15.9 Å². The second kappa shape index (κ2) is 6.80. The Morgan fingerprint density at radius 1 is 1.08 bits per heavy atom. The van der Waals surface area contributed by atoms with Crippen molar-refractivity contribution in [2.24, 2.45) is 0 Å². The lowest BCUT2D eigenvalue weighted by Crippen LogP contribution is -2.35. The summed E-state index contributed by atoms with van der Waals surface area (Å²) in [5.41, 5.74) is 0. The Balaban J connectivity index is 3.88. The Hall–Kier alpha value is 0.400. The van der Waals surface area contributed by atoms with Crippen LogP contribution in [0.2, 0.25) is 0 Å². The van der Waals surface area contributed by atoms with Crippen LogP contribution in [-0.4, -0.2) is 23.8 Å². The lowest BCUT2D eigenvalue weighted by molar-refractivity contribution is -0.155. The lowest BCUT2D eigenvalue weighted by atomic mass is 10.2. The van der Waals surface area contributed by atoms with Gasteiger partial charge in [-0.05, 0) is 26.7 Å². The highest BCUT2D eigenvalue weighted by molar-refractivity contribution is 9.10. The molecule has 0 aromatic heterocycles. The van der Waals surface area contributed by atoms with Crippen LogP contribution in [-0.2, 0) is 9.47 Å². The van der Waals surface area contributed by atoms with Gasteiger partial charge in [-0.3, -0.25) is 0 Å². The molecule has 0 bridgehead atoms. The molecule has 0 aliphatic rings. The summed E-state index contributed by atoms with van der Waals surface area (Å²) in [6.07, 6.45) is 1.90. The summed E-state index contributed by atoms with van der Waals surface area (Å²) in [7, 11) is 0. The zero-order valence-electron chi connectivity index (χ0n) is 9.10. The summed E-state index contributed by atoms with van der Waals surface area (Å²) in [5.74, 6) is 0. The second-order valence-electron chi connectivity index (χ2n) is 3.64. The summed E-state index contributed by atoms with van der Waals surface area (Å²) in [6, 6.07) is 0. The van der Waals surface area contributed by atoms with Gasteiger partial charge in [-0.2, -0.15) is 0 Å². The number of alkyl halides is 1. The van der Waals surface area contributed by atoms with Crippen LogP contribution in [0.1, 0.15) is 40.5 Å². The number of ether oxygens (including phenoxy) is 2. The molecule has 0 aliphatic heterocycles. The molecule has 0 saturated heterocycles. The molecule has 0 radical (unpaired) electrons. The van der Waals surface area contributed by atoms with Gasteiger partial charge in [0.2, 0.25) is 0 Å². The van der Waals surface area contributed by atoms with Gasteiger partial charge in [0.05, 0.1) is 4.32 Å². The summed E-state index contributed by atoms with van der Waals surface area (Å²) in [4.78, 5) is 0. The van der Waals surface area contributed by atoms with E-state index in [2.05, 4.69) is 43.6 Å². The quantitative estimate of drug-likeness (QED) is 0.511. The molecule has 0 unspecified atom stereocenters. The topological polar surface area (TPSA) is 18.5 Å².